The second kappa shape index (κ2) is 2.28. The van der Waals surface area contributed by atoms with E-state index < -0.39 is 0 Å². The SMILES string of the molecule is COC(=O)C12CC3CC(CC1C3)C2. The van der Waals surface area contributed by atoms with Crippen LogP contribution < -0.4 is 0 Å². The Balaban J connectivity index is 1.96. The normalized spacial score (nSPS) is 51.3. The fourth-order valence-corrected chi connectivity index (χ4v) is 4.33. The van der Waals surface area contributed by atoms with E-state index in [0.29, 0.717) is 5.92 Å². The number of esters is 1. The number of rotatable bonds is 1. The summed E-state index contributed by atoms with van der Waals surface area (Å²) in [4.78, 5) is 11.8. The van der Waals surface area contributed by atoms with E-state index in [1.165, 1.54) is 26.4 Å². The predicted octanol–water partition coefficient (Wildman–Crippen LogP) is 1.99. The lowest BCUT2D eigenvalue weighted by Gasteiger charge is -2.29. The summed E-state index contributed by atoms with van der Waals surface area (Å²) in [5.41, 5.74) is -0.0255. The first-order valence-electron chi connectivity index (χ1n) is 5.33. The van der Waals surface area contributed by atoms with Gasteiger partial charge in [-0.1, -0.05) is 0 Å². The van der Waals surface area contributed by atoms with Crippen LogP contribution in [0, 0.1) is 23.2 Å². The van der Waals surface area contributed by atoms with E-state index in [2.05, 4.69) is 0 Å². The van der Waals surface area contributed by atoms with Crippen LogP contribution in [0.15, 0.2) is 0 Å². The van der Waals surface area contributed by atoms with Crippen molar-refractivity contribution in [3.8, 4) is 0 Å². The molecule has 2 atom stereocenters. The third-order valence-corrected chi connectivity index (χ3v) is 4.58. The van der Waals surface area contributed by atoms with Gasteiger partial charge in [-0.15, -0.1) is 0 Å². The van der Waals surface area contributed by atoms with E-state index in [4.69, 9.17) is 4.74 Å². The lowest BCUT2D eigenvalue weighted by molar-refractivity contribution is -0.154. The Labute approximate surface area is 78.6 Å². The van der Waals surface area contributed by atoms with Crippen molar-refractivity contribution in [3.63, 3.8) is 0 Å². The van der Waals surface area contributed by atoms with E-state index in [1.807, 2.05) is 0 Å². The van der Waals surface area contributed by atoms with Gasteiger partial charge in [0.1, 0.15) is 0 Å². The smallest absolute Gasteiger partial charge is 0.312 e. The van der Waals surface area contributed by atoms with Crippen LogP contribution in [0.25, 0.3) is 0 Å². The number of carbonyl (C=O) groups excluding carboxylic acids is 1. The van der Waals surface area contributed by atoms with Gasteiger partial charge in [0, 0.05) is 0 Å². The lowest BCUT2D eigenvalue weighted by Crippen LogP contribution is -2.33. The Morgan fingerprint density at radius 3 is 2.38 bits per heavy atom. The summed E-state index contributed by atoms with van der Waals surface area (Å²) in [6.07, 6.45) is 6.23. The number of methoxy groups -OCH3 is 1. The van der Waals surface area contributed by atoms with Crippen molar-refractivity contribution in [2.24, 2.45) is 23.2 Å². The molecule has 0 N–H and O–H groups in total. The van der Waals surface area contributed by atoms with Gasteiger partial charge in [0.25, 0.3) is 0 Å². The third-order valence-electron chi connectivity index (χ3n) is 4.58. The van der Waals surface area contributed by atoms with Gasteiger partial charge in [-0.2, -0.15) is 0 Å². The molecule has 4 aliphatic rings. The van der Waals surface area contributed by atoms with Gasteiger partial charge in [0.15, 0.2) is 0 Å². The molecule has 4 rings (SSSR count). The zero-order valence-electron chi connectivity index (χ0n) is 8.08. The molecular formula is C11H16O2. The van der Waals surface area contributed by atoms with Crippen molar-refractivity contribution in [1.29, 1.82) is 0 Å². The van der Waals surface area contributed by atoms with Crippen molar-refractivity contribution in [3.05, 3.63) is 0 Å². The number of carbonyl (C=O) groups is 1. The fraction of sp³-hybridized carbons (Fsp3) is 0.909. The van der Waals surface area contributed by atoms with Crippen molar-refractivity contribution in [1.82, 2.24) is 0 Å². The number of hydrogen-bond donors (Lipinski definition) is 0. The number of hydrogen-bond acceptors (Lipinski definition) is 2. The monoisotopic (exact) mass is 180 g/mol. The minimum Gasteiger partial charge on any atom is -0.469 e. The van der Waals surface area contributed by atoms with Gasteiger partial charge in [0.05, 0.1) is 12.5 Å². The molecule has 0 aromatic rings. The first-order valence-corrected chi connectivity index (χ1v) is 5.33. The molecule has 4 saturated carbocycles. The van der Waals surface area contributed by atoms with Gasteiger partial charge in [-0.25, -0.2) is 0 Å². The molecule has 4 fully saturated rings. The molecule has 72 valence electrons. The Kier molecular flexibility index (Phi) is 1.38. The largest absolute Gasteiger partial charge is 0.469 e. The quantitative estimate of drug-likeness (QED) is 0.577. The zero-order valence-corrected chi connectivity index (χ0v) is 8.08. The van der Waals surface area contributed by atoms with Crippen molar-refractivity contribution in [2.75, 3.05) is 7.11 Å². The van der Waals surface area contributed by atoms with Gasteiger partial charge in [-0.05, 0) is 49.9 Å². The molecule has 4 bridgehead atoms. The summed E-state index contributed by atoms with van der Waals surface area (Å²) in [7, 11) is 1.54. The standard InChI is InChI=1S/C11H16O2/c1-13-10(12)11-5-7-2-8(6-11)4-9(11)3-7/h7-9H,2-6H2,1H3. The van der Waals surface area contributed by atoms with E-state index >= 15 is 0 Å². The highest BCUT2D eigenvalue weighted by atomic mass is 16.5. The Morgan fingerprint density at radius 1 is 1.23 bits per heavy atom. The molecule has 0 saturated heterocycles. The van der Waals surface area contributed by atoms with Crippen LogP contribution in [-0.4, -0.2) is 13.1 Å². The first-order chi connectivity index (χ1) is 6.24. The molecule has 0 amide bonds. The topological polar surface area (TPSA) is 26.3 Å². The summed E-state index contributed by atoms with van der Waals surface area (Å²) < 4.78 is 4.97. The van der Waals surface area contributed by atoms with Gasteiger partial charge >= 0.3 is 5.97 Å². The highest BCUT2D eigenvalue weighted by Crippen LogP contribution is 2.65. The maximum Gasteiger partial charge on any atom is 0.312 e. The van der Waals surface area contributed by atoms with Crippen molar-refractivity contribution < 1.29 is 9.53 Å². The highest BCUT2D eigenvalue weighted by molar-refractivity contribution is 5.78. The molecule has 0 aliphatic heterocycles. The fourth-order valence-electron chi connectivity index (χ4n) is 4.33. The molecule has 13 heavy (non-hydrogen) atoms. The molecule has 4 aliphatic carbocycles. The molecule has 0 radical (unpaired) electrons. The second-order valence-corrected chi connectivity index (χ2v) is 5.19. The molecular weight excluding hydrogens is 164 g/mol. The van der Waals surface area contributed by atoms with Crippen LogP contribution in [0.5, 0.6) is 0 Å². The minimum absolute atomic E-state index is 0.0255. The second-order valence-electron chi connectivity index (χ2n) is 5.19. The predicted molar refractivity (Wildman–Crippen MR) is 48.0 cm³/mol. The average molecular weight is 180 g/mol. The summed E-state index contributed by atoms with van der Waals surface area (Å²) >= 11 is 0. The van der Waals surface area contributed by atoms with Crippen molar-refractivity contribution in [2.45, 2.75) is 32.1 Å². The van der Waals surface area contributed by atoms with E-state index in [1.54, 1.807) is 0 Å². The minimum atomic E-state index is -0.0255. The van der Waals surface area contributed by atoms with Gasteiger partial charge in [-0.3, -0.25) is 4.79 Å². The molecule has 2 heteroatoms. The summed E-state index contributed by atoms with van der Waals surface area (Å²) in [6, 6.07) is 0. The average Bonchev–Trinajstić information content (AvgIpc) is 2.51. The van der Waals surface area contributed by atoms with Crippen LogP contribution in [0.4, 0.5) is 0 Å². The molecule has 0 aromatic carbocycles. The summed E-state index contributed by atoms with van der Waals surface area (Å²) in [5.74, 6) is 2.44. The maximum atomic E-state index is 11.8. The Bertz CT molecular complexity index is 245. The maximum absolute atomic E-state index is 11.8. The van der Waals surface area contributed by atoms with Crippen LogP contribution in [0.1, 0.15) is 32.1 Å². The van der Waals surface area contributed by atoms with Gasteiger partial charge in [0.2, 0.25) is 0 Å². The molecule has 0 spiro atoms. The van der Waals surface area contributed by atoms with E-state index in [-0.39, 0.29) is 11.4 Å². The number of ether oxygens (including phenoxy) is 1. The summed E-state index contributed by atoms with van der Waals surface area (Å²) in [6.45, 7) is 0. The molecule has 0 aromatic heterocycles. The van der Waals surface area contributed by atoms with E-state index in [9.17, 15) is 4.79 Å². The van der Waals surface area contributed by atoms with Crippen molar-refractivity contribution >= 4 is 5.97 Å². The van der Waals surface area contributed by atoms with Crippen LogP contribution in [0.3, 0.4) is 0 Å². The third kappa shape index (κ3) is 0.818. The summed E-state index contributed by atoms with van der Waals surface area (Å²) in [5, 5.41) is 0. The Morgan fingerprint density at radius 2 is 1.85 bits per heavy atom. The van der Waals surface area contributed by atoms with Crippen LogP contribution in [-0.2, 0) is 9.53 Å². The Hall–Kier alpha value is -0.530. The first kappa shape index (κ1) is 7.84. The molecule has 2 nitrogen and oxygen atoms in total. The van der Waals surface area contributed by atoms with E-state index in [0.717, 1.165) is 24.7 Å². The molecule has 0 heterocycles. The zero-order chi connectivity index (χ0) is 9.05. The highest BCUT2D eigenvalue weighted by Gasteiger charge is 2.62. The van der Waals surface area contributed by atoms with Gasteiger partial charge < -0.3 is 4.74 Å². The van der Waals surface area contributed by atoms with Crippen LogP contribution in [0.2, 0.25) is 0 Å². The van der Waals surface area contributed by atoms with Crippen LogP contribution >= 0.6 is 0 Å². The lowest BCUT2D eigenvalue weighted by atomic mass is 9.75. The molecule has 2 unspecified atom stereocenters.